The van der Waals surface area contributed by atoms with Crippen molar-refractivity contribution in [3.8, 4) is 0 Å². The average Bonchev–Trinajstić information content (AvgIpc) is 2.64. The Morgan fingerprint density at radius 1 is 0.533 bits per heavy atom. The molecule has 168 valence electrons. The van der Waals surface area contributed by atoms with Crippen LogP contribution >= 0.6 is 0 Å². The van der Waals surface area contributed by atoms with Gasteiger partial charge < -0.3 is 0 Å². The van der Waals surface area contributed by atoms with Crippen molar-refractivity contribution in [1.29, 1.82) is 0 Å². The van der Waals surface area contributed by atoms with Crippen LogP contribution in [0.5, 0.6) is 0 Å². The molecular weight excluding hydrogens is 360 g/mol. The van der Waals surface area contributed by atoms with Crippen molar-refractivity contribution in [3.05, 3.63) is 83.1 Å². The van der Waals surface area contributed by atoms with Crippen LogP contribution in [0.4, 0.5) is 0 Å². The maximum atomic E-state index is 4.25. The van der Waals surface area contributed by atoms with Crippen LogP contribution in [0.2, 0.25) is 0 Å². The smallest absolute Gasteiger partial charge is 0.0250 e. The zero-order valence-electron chi connectivity index (χ0n) is 20.9. The van der Waals surface area contributed by atoms with Crippen molar-refractivity contribution < 1.29 is 0 Å². The predicted molar refractivity (Wildman–Crippen MR) is 140 cm³/mol. The predicted octanol–water partition coefficient (Wildman–Crippen LogP) is 10.4. The number of rotatable bonds is 16. The summed E-state index contributed by atoms with van der Waals surface area (Å²) >= 11 is 0. The Labute approximate surface area is 188 Å². The van der Waals surface area contributed by atoms with E-state index in [1.54, 1.807) is 0 Å². The van der Waals surface area contributed by atoms with Gasteiger partial charge in [-0.15, -0.1) is 0 Å². The molecule has 0 fully saturated rings. The van der Waals surface area contributed by atoms with Crippen LogP contribution in [-0.2, 0) is 0 Å². The standard InChI is InChI=1S/C30H48/c1-25(2)15-11-19-29(7)23-13-21-27(5)17-9-10-18-28(6)22-14-24-30(8)20-12-16-26(3)4/h9,15-17,23-24H,5-6,10-14,18-22H2,1-4,7-8H3/b17-9?,29-23+,30-24?. The monoisotopic (exact) mass is 408 g/mol. The van der Waals surface area contributed by atoms with Crippen LogP contribution < -0.4 is 0 Å². The fourth-order valence-electron chi connectivity index (χ4n) is 3.15. The van der Waals surface area contributed by atoms with Crippen molar-refractivity contribution in [1.82, 2.24) is 0 Å². The van der Waals surface area contributed by atoms with Crippen molar-refractivity contribution in [2.24, 2.45) is 0 Å². The van der Waals surface area contributed by atoms with E-state index in [1.165, 1.54) is 46.3 Å². The van der Waals surface area contributed by atoms with Gasteiger partial charge in [0.25, 0.3) is 0 Å². The molecule has 0 rings (SSSR count). The molecule has 0 saturated carbocycles. The van der Waals surface area contributed by atoms with Crippen molar-refractivity contribution in [2.45, 2.75) is 106 Å². The summed E-state index contributed by atoms with van der Waals surface area (Å²) in [5.74, 6) is 0. The molecule has 0 amide bonds. The highest BCUT2D eigenvalue weighted by atomic mass is 14.0. The highest BCUT2D eigenvalue weighted by Gasteiger charge is 1.95. The third kappa shape index (κ3) is 19.5. The fourth-order valence-corrected chi connectivity index (χ4v) is 3.15. The second-order valence-corrected chi connectivity index (χ2v) is 9.17. The van der Waals surface area contributed by atoms with Crippen LogP contribution in [0, 0.1) is 0 Å². The van der Waals surface area contributed by atoms with Gasteiger partial charge in [0, 0.05) is 0 Å². The minimum absolute atomic E-state index is 1.05. The first kappa shape index (κ1) is 28.2. The van der Waals surface area contributed by atoms with Gasteiger partial charge >= 0.3 is 0 Å². The topological polar surface area (TPSA) is 0 Å². The lowest BCUT2D eigenvalue weighted by Crippen LogP contribution is -1.83. The minimum atomic E-state index is 1.05. The molecule has 0 saturated heterocycles. The Bertz CT molecular complexity index is 650. The quantitative estimate of drug-likeness (QED) is 0.176. The summed E-state index contributed by atoms with van der Waals surface area (Å²) in [7, 11) is 0. The largest absolute Gasteiger partial charge is 0.0998 e. The molecule has 0 unspecified atom stereocenters. The summed E-state index contributed by atoms with van der Waals surface area (Å²) < 4.78 is 0. The minimum Gasteiger partial charge on any atom is -0.0998 e. The van der Waals surface area contributed by atoms with Gasteiger partial charge in [0.05, 0.1) is 0 Å². The molecule has 0 heteroatoms. The normalized spacial score (nSPS) is 12.2. The first-order chi connectivity index (χ1) is 14.2. The van der Waals surface area contributed by atoms with E-state index < -0.39 is 0 Å². The third-order valence-electron chi connectivity index (χ3n) is 5.15. The molecular formula is C30H48. The summed E-state index contributed by atoms with van der Waals surface area (Å²) in [5.41, 5.74) is 8.39. The van der Waals surface area contributed by atoms with E-state index in [-0.39, 0.29) is 0 Å². The Balaban J connectivity index is 3.94. The van der Waals surface area contributed by atoms with Crippen LogP contribution in [0.25, 0.3) is 0 Å². The van der Waals surface area contributed by atoms with Crippen LogP contribution in [0.15, 0.2) is 83.1 Å². The molecule has 0 aliphatic heterocycles. The molecule has 0 nitrogen and oxygen atoms in total. The zero-order chi connectivity index (χ0) is 22.8. The highest BCUT2D eigenvalue weighted by molar-refractivity contribution is 5.16. The number of hydrogen-bond acceptors (Lipinski definition) is 0. The van der Waals surface area contributed by atoms with Gasteiger partial charge in [-0.1, -0.05) is 83.1 Å². The average molecular weight is 409 g/mol. The van der Waals surface area contributed by atoms with Crippen LogP contribution in [0.1, 0.15) is 106 Å². The molecule has 0 bridgehead atoms. The lowest BCUT2D eigenvalue weighted by Gasteiger charge is -2.04. The van der Waals surface area contributed by atoms with Crippen molar-refractivity contribution in [2.75, 3.05) is 0 Å². The van der Waals surface area contributed by atoms with Gasteiger partial charge in [-0.3, -0.25) is 0 Å². The van der Waals surface area contributed by atoms with E-state index in [0.717, 1.165) is 51.4 Å². The first-order valence-corrected chi connectivity index (χ1v) is 11.8. The van der Waals surface area contributed by atoms with E-state index in [9.17, 15) is 0 Å². The summed E-state index contributed by atoms with van der Waals surface area (Å²) in [6, 6.07) is 0. The van der Waals surface area contributed by atoms with E-state index in [2.05, 4.69) is 91.2 Å². The Morgan fingerprint density at radius 2 is 0.967 bits per heavy atom. The highest BCUT2D eigenvalue weighted by Crippen LogP contribution is 2.15. The van der Waals surface area contributed by atoms with Crippen LogP contribution in [0.3, 0.4) is 0 Å². The first-order valence-electron chi connectivity index (χ1n) is 11.8. The van der Waals surface area contributed by atoms with E-state index in [1.807, 2.05) is 0 Å². The van der Waals surface area contributed by atoms with Gasteiger partial charge in [-0.2, -0.15) is 0 Å². The molecule has 0 atom stereocenters. The molecule has 0 spiro atoms. The molecule has 0 N–H and O–H groups in total. The van der Waals surface area contributed by atoms with Crippen molar-refractivity contribution >= 4 is 0 Å². The molecule has 0 heterocycles. The van der Waals surface area contributed by atoms with Gasteiger partial charge in [0.2, 0.25) is 0 Å². The molecule has 30 heavy (non-hydrogen) atoms. The van der Waals surface area contributed by atoms with Gasteiger partial charge in [0.1, 0.15) is 0 Å². The maximum absolute atomic E-state index is 4.25. The fraction of sp³-hybridized carbons (Fsp3) is 0.533. The van der Waals surface area contributed by atoms with Crippen molar-refractivity contribution in [3.63, 3.8) is 0 Å². The van der Waals surface area contributed by atoms with Crippen LogP contribution in [-0.4, -0.2) is 0 Å². The summed E-state index contributed by atoms with van der Waals surface area (Å²) in [6.07, 6.45) is 25.0. The van der Waals surface area contributed by atoms with Gasteiger partial charge in [-0.05, 0) is 106 Å². The molecule has 0 aromatic heterocycles. The molecule has 0 radical (unpaired) electrons. The lowest BCUT2D eigenvalue weighted by atomic mass is 10.0. The lowest BCUT2D eigenvalue weighted by molar-refractivity contribution is 0.856. The summed E-state index contributed by atoms with van der Waals surface area (Å²) in [4.78, 5) is 0. The summed E-state index contributed by atoms with van der Waals surface area (Å²) in [5, 5.41) is 0. The van der Waals surface area contributed by atoms with E-state index in [4.69, 9.17) is 0 Å². The number of allylic oxidation sites excluding steroid dienone is 12. The van der Waals surface area contributed by atoms with Gasteiger partial charge in [0.15, 0.2) is 0 Å². The maximum Gasteiger partial charge on any atom is -0.0250 e. The number of hydrogen-bond donors (Lipinski definition) is 0. The SMILES string of the molecule is C=C(C=CCCC(=C)CCC=C(C)CCC=C(C)C)CC/C=C(\C)CCC=C(C)C. The van der Waals surface area contributed by atoms with Gasteiger partial charge in [-0.25, -0.2) is 0 Å². The molecule has 0 aromatic carbocycles. The molecule has 0 aliphatic rings. The van der Waals surface area contributed by atoms with E-state index in [0.29, 0.717) is 0 Å². The Hall–Kier alpha value is -1.82. The second-order valence-electron chi connectivity index (χ2n) is 9.17. The van der Waals surface area contributed by atoms with E-state index >= 15 is 0 Å². The molecule has 0 aromatic rings. The zero-order valence-corrected chi connectivity index (χ0v) is 20.9. The molecule has 0 aliphatic carbocycles. The Kier molecular flexibility index (Phi) is 16.9. The summed E-state index contributed by atoms with van der Waals surface area (Å²) in [6.45, 7) is 21.6. The Morgan fingerprint density at radius 3 is 1.47 bits per heavy atom. The third-order valence-corrected chi connectivity index (χ3v) is 5.15. The second kappa shape index (κ2) is 18.0.